The molecule has 0 atom stereocenters. The van der Waals surface area contributed by atoms with Crippen LogP contribution in [0.5, 0.6) is 0 Å². The number of nitrogen functional groups attached to an aromatic ring is 1. The predicted molar refractivity (Wildman–Crippen MR) is 180 cm³/mol. The van der Waals surface area contributed by atoms with E-state index in [1.54, 1.807) is 28.4 Å². The Morgan fingerprint density at radius 3 is 2.31 bits per heavy atom. The lowest BCUT2D eigenvalue weighted by Gasteiger charge is -2.34. The first kappa shape index (κ1) is 32.6. The monoisotopic (exact) mass is 649 g/mol. The van der Waals surface area contributed by atoms with Gasteiger partial charge >= 0.3 is 6.09 Å². The van der Waals surface area contributed by atoms with E-state index in [1.807, 2.05) is 60.7 Å². The van der Waals surface area contributed by atoms with Crippen molar-refractivity contribution in [3.05, 3.63) is 102 Å². The van der Waals surface area contributed by atoms with Gasteiger partial charge in [-0.25, -0.2) is 14.8 Å². The molecule has 2 amide bonds. The fourth-order valence-corrected chi connectivity index (χ4v) is 5.87. The van der Waals surface area contributed by atoms with Crippen LogP contribution in [0.3, 0.4) is 0 Å². The van der Waals surface area contributed by atoms with E-state index in [2.05, 4.69) is 19.9 Å². The van der Waals surface area contributed by atoms with Gasteiger partial charge < -0.3 is 29.9 Å². The van der Waals surface area contributed by atoms with Crippen LogP contribution in [0.2, 0.25) is 0 Å². The molecule has 0 aliphatic carbocycles. The summed E-state index contributed by atoms with van der Waals surface area (Å²) in [4.78, 5) is 57.6. The molecule has 12 heteroatoms. The molecular formula is C36H39N7O5. The molecule has 248 valence electrons. The van der Waals surface area contributed by atoms with Gasteiger partial charge in [-0.3, -0.25) is 14.6 Å². The summed E-state index contributed by atoms with van der Waals surface area (Å²) in [5.41, 5.74) is 11.3. The number of ether oxygens (including phenoxy) is 2. The molecule has 0 radical (unpaired) electrons. The third-order valence-corrected chi connectivity index (χ3v) is 8.62. The summed E-state index contributed by atoms with van der Waals surface area (Å²) in [6.45, 7) is 4.84. The van der Waals surface area contributed by atoms with Gasteiger partial charge in [-0.1, -0.05) is 54.6 Å². The molecule has 2 aliphatic heterocycles. The standard InChI is InChI=1S/C36H39N7O5/c37-35-34(32(44)22-29-23-38-13-12-31(29)41-18-20-47-21-19-41)40-30(24-39-35)28-9-6-26(7-10-28)8-11-33(45)42-14-16-43(17-15-42)36(46)48-25-27-4-2-1-3-5-27/h1-7,9-10,12-13,23-24H,8,11,14-22,25H2,(H2,37,39). The van der Waals surface area contributed by atoms with Crippen molar-refractivity contribution in [2.24, 2.45) is 0 Å². The number of carbonyl (C=O) groups excluding carboxylic acids is 3. The van der Waals surface area contributed by atoms with Crippen molar-refractivity contribution in [1.29, 1.82) is 0 Å². The molecule has 2 aliphatic rings. The lowest BCUT2D eigenvalue weighted by atomic mass is 10.0. The quantitative estimate of drug-likeness (QED) is 0.252. The van der Waals surface area contributed by atoms with Crippen LogP contribution in [0.25, 0.3) is 11.3 Å². The number of Topliss-reactive ketones (excluding diaryl/α,β-unsaturated/α-hetero) is 1. The van der Waals surface area contributed by atoms with Gasteiger partial charge in [-0.15, -0.1) is 0 Å². The number of pyridine rings is 1. The van der Waals surface area contributed by atoms with E-state index in [4.69, 9.17) is 15.2 Å². The second kappa shape index (κ2) is 15.5. The Bertz CT molecular complexity index is 1720. The van der Waals surface area contributed by atoms with Gasteiger partial charge in [-0.05, 0) is 23.6 Å². The van der Waals surface area contributed by atoms with E-state index in [0.717, 1.165) is 41.0 Å². The van der Waals surface area contributed by atoms with Gasteiger partial charge in [0.15, 0.2) is 11.6 Å². The summed E-state index contributed by atoms with van der Waals surface area (Å²) < 4.78 is 10.9. The average Bonchev–Trinajstić information content (AvgIpc) is 3.14. The third kappa shape index (κ3) is 8.13. The molecule has 0 spiro atoms. The normalized spacial score (nSPS) is 14.9. The smallest absolute Gasteiger partial charge is 0.410 e. The van der Waals surface area contributed by atoms with Gasteiger partial charge in [-0.2, -0.15) is 0 Å². The second-order valence-electron chi connectivity index (χ2n) is 11.8. The van der Waals surface area contributed by atoms with Crippen LogP contribution in [0.1, 0.15) is 33.6 Å². The van der Waals surface area contributed by atoms with Crippen LogP contribution in [0.15, 0.2) is 79.3 Å². The number of benzene rings is 2. The van der Waals surface area contributed by atoms with E-state index in [0.29, 0.717) is 57.9 Å². The number of morpholine rings is 1. The molecule has 2 aromatic carbocycles. The predicted octanol–water partition coefficient (Wildman–Crippen LogP) is 3.80. The Morgan fingerprint density at radius 2 is 1.56 bits per heavy atom. The number of nitrogens with zero attached hydrogens (tertiary/aromatic N) is 6. The van der Waals surface area contributed by atoms with E-state index >= 15 is 0 Å². The van der Waals surface area contributed by atoms with Gasteiger partial charge in [0.25, 0.3) is 0 Å². The molecular weight excluding hydrogens is 610 g/mol. The molecule has 2 fully saturated rings. The van der Waals surface area contributed by atoms with Crippen molar-refractivity contribution >= 4 is 29.3 Å². The molecule has 2 saturated heterocycles. The minimum atomic E-state index is -0.361. The second-order valence-corrected chi connectivity index (χ2v) is 11.8. The van der Waals surface area contributed by atoms with Gasteiger partial charge in [0, 0.05) is 81.3 Å². The van der Waals surface area contributed by atoms with E-state index in [1.165, 1.54) is 0 Å². The number of nitrogens with two attached hydrogens (primary N) is 1. The number of carbonyl (C=O) groups is 3. The maximum absolute atomic E-state index is 13.4. The number of rotatable bonds is 10. The highest BCUT2D eigenvalue weighted by Gasteiger charge is 2.25. The molecule has 0 saturated carbocycles. The zero-order chi connectivity index (χ0) is 33.3. The number of aromatic nitrogens is 3. The van der Waals surface area contributed by atoms with Crippen LogP contribution in [0, 0.1) is 0 Å². The van der Waals surface area contributed by atoms with Crippen molar-refractivity contribution < 1.29 is 23.9 Å². The number of aryl methyl sites for hydroxylation is 1. The van der Waals surface area contributed by atoms with Crippen LogP contribution in [-0.4, -0.2) is 95.0 Å². The van der Waals surface area contributed by atoms with Crippen molar-refractivity contribution in [2.75, 3.05) is 63.1 Å². The first-order chi connectivity index (χ1) is 23.4. The fourth-order valence-electron chi connectivity index (χ4n) is 5.87. The Kier molecular flexibility index (Phi) is 10.5. The maximum Gasteiger partial charge on any atom is 0.410 e. The largest absolute Gasteiger partial charge is 0.445 e. The minimum absolute atomic E-state index is 0.0503. The molecule has 6 rings (SSSR count). The lowest BCUT2D eigenvalue weighted by molar-refractivity contribution is -0.132. The third-order valence-electron chi connectivity index (χ3n) is 8.62. The summed E-state index contributed by atoms with van der Waals surface area (Å²) in [6, 6.07) is 19.2. The molecule has 4 heterocycles. The molecule has 2 aromatic heterocycles. The van der Waals surface area contributed by atoms with Gasteiger partial charge in [0.1, 0.15) is 12.3 Å². The highest BCUT2D eigenvalue weighted by Crippen LogP contribution is 2.25. The number of hydrogen-bond donors (Lipinski definition) is 1. The topological polar surface area (TPSA) is 144 Å². The van der Waals surface area contributed by atoms with Gasteiger partial charge in [0.05, 0.1) is 25.1 Å². The van der Waals surface area contributed by atoms with Crippen LogP contribution < -0.4 is 10.6 Å². The number of piperazine rings is 1. The van der Waals surface area contributed by atoms with Crippen molar-refractivity contribution in [2.45, 2.75) is 25.9 Å². The van der Waals surface area contributed by atoms with Gasteiger partial charge in [0.2, 0.25) is 5.91 Å². The fraction of sp³-hybridized carbons (Fsp3) is 0.333. The number of anilines is 2. The zero-order valence-corrected chi connectivity index (χ0v) is 26.8. The minimum Gasteiger partial charge on any atom is -0.445 e. The summed E-state index contributed by atoms with van der Waals surface area (Å²) in [6.07, 6.45) is 5.67. The number of ketones is 1. The Labute approximate surface area is 279 Å². The van der Waals surface area contributed by atoms with Crippen molar-refractivity contribution in [3.63, 3.8) is 0 Å². The van der Waals surface area contributed by atoms with E-state index in [-0.39, 0.29) is 42.3 Å². The number of hydrogen-bond acceptors (Lipinski definition) is 10. The van der Waals surface area contributed by atoms with Crippen LogP contribution >= 0.6 is 0 Å². The zero-order valence-electron chi connectivity index (χ0n) is 26.8. The van der Waals surface area contributed by atoms with Crippen LogP contribution in [-0.2, 0) is 33.7 Å². The summed E-state index contributed by atoms with van der Waals surface area (Å²) >= 11 is 0. The maximum atomic E-state index is 13.4. The van der Waals surface area contributed by atoms with E-state index in [9.17, 15) is 14.4 Å². The number of amides is 2. The highest BCUT2D eigenvalue weighted by atomic mass is 16.6. The summed E-state index contributed by atoms with van der Waals surface area (Å²) in [5, 5.41) is 0. The van der Waals surface area contributed by atoms with E-state index < -0.39 is 0 Å². The lowest BCUT2D eigenvalue weighted by Crippen LogP contribution is -2.50. The first-order valence-electron chi connectivity index (χ1n) is 16.2. The molecule has 2 N–H and O–H groups in total. The molecule has 12 nitrogen and oxygen atoms in total. The molecule has 0 unspecified atom stereocenters. The molecule has 4 aromatic rings. The summed E-state index contributed by atoms with van der Waals surface area (Å²) in [5.74, 6) is -0.0978. The summed E-state index contributed by atoms with van der Waals surface area (Å²) in [7, 11) is 0. The first-order valence-corrected chi connectivity index (χ1v) is 16.2. The SMILES string of the molecule is Nc1ncc(-c2ccc(CCC(=O)N3CCN(C(=O)OCc4ccccc4)CC3)cc2)nc1C(=O)Cc1cnccc1N1CCOCC1. The van der Waals surface area contributed by atoms with Crippen molar-refractivity contribution in [1.82, 2.24) is 24.8 Å². The Hall–Kier alpha value is -5.36. The Balaban J connectivity index is 1.00. The molecule has 0 bridgehead atoms. The highest BCUT2D eigenvalue weighted by molar-refractivity contribution is 6.00. The average molecular weight is 650 g/mol. The van der Waals surface area contributed by atoms with Crippen LogP contribution in [0.4, 0.5) is 16.3 Å². The Morgan fingerprint density at radius 1 is 0.833 bits per heavy atom. The molecule has 48 heavy (non-hydrogen) atoms. The van der Waals surface area contributed by atoms with Crippen molar-refractivity contribution in [3.8, 4) is 11.3 Å².